The van der Waals surface area contributed by atoms with Crippen molar-refractivity contribution in [3.05, 3.63) is 16.1 Å². The average molecular weight is 368 g/mol. The summed E-state index contributed by atoms with van der Waals surface area (Å²) >= 11 is 2.63. The first-order chi connectivity index (χ1) is 10.8. The molecule has 1 aliphatic rings. The van der Waals surface area contributed by atoms with E-state index >= 15 is 0 Å². The number of aliphatic hydroxyl groups is 1. The van der Waals surface area contributed by atoms with Crippen LogP contribution in [0, 0.1) is 0 Å². The van der Waals surface area contributed by atoms with Crippen LogP contribution in [-0.2, 0) is 12.7 Å². The molecule has 5 nitrogen and oxygen atoms in total. The van der Waals surface area contributed by atoms with Crippen LogP contribution in [0.25, 0.3) is 0 Å². The highest BCUT2D eigenvalue weighted by Gasteiger charge is 2.34. The third kappa shape index (κ3) is 5.54. The first-order valence-electron chi connectivity index (χ1n) is 7.16. The van der Waals surface area contributed by atoms with Crippen molar-refractivity contribution < 1.29 is 18.3 Å². The lowest BCUT2D eigenvalue weighted by Gasteiger charge is -2.23. The van der Waals surface area contributed by atoms with Crippen LogP contribution in [0.2, 0.25) is 0 Å². The summed E-state index contributed by atoms with van der Waals surface area (Å²) in [5, 5.41) is 17.6. The fourth-order valence-corrected chi connectivity index (χ4v) is 4.01. The summed E-state index contributed by atoms with van der Waals surface area (Å²) in [5.74, 6) is 2.05. The van der Waals surface area contributed by atoms with Gasteiger partial charge in [-0.2, -0.15) is 24.9 Å². The fourth-order valence-electron chi connectivity index (χ4n) is 1.99. The van der Waals surface area contributed by atoms with Crippen molar-refractivity contribution in [2.75, 3.05) is 24.6 Å². The van der Waals surface area contributed by atoms with E-state index in [-0.39, 0.29) is 6.54 Å². The lowest BCUT2D eigenvalue weighted by molar-refractivity contribution is -0.140. The van der Waals surface area contributed by atoms with Crippen LogP contribution in [0.1, 0.15) is 24.0 Å². The van der Waals surface area contributed by atoms with E-state index in [1.807, 2.05) is 6.92 Å². The molecule has 2 rings (SSSR count). The maximum absolute atomic E-state index is 12.5. The van der Waals surface area contributed by atoms with E-state index in [2.05, 4.69) is 20.6 Å². The number of aromatic nitrogens is 1. The van der Waals surface area contributed by atoms with E-state index in [1.165, 1.54) is 0 Å². The van der Waals surface area contributed by atoms with Crippen LogP contribution in [-0.4, -0.2) is 46.2 Å². The normalized spacial score (nSPS) is 22.4. The minimum atomic E-state index is -4.43. The molecule has 130 valence electrons. The van der Waals surface area contributed by atoms with Gasteiger partial charge in [0.25, 0.3) is 0 Å². The highest BCUT2D eigenvalue weighted by molar-refractivity contribution is 7.99. The number of nitrogens with zero attached hydrogens (tertiary/aromatic N) is 2. The lowest BCUT2D eigenvalue weighted by Crippen LogP contribution is -2.47. The highest BCUT2D eigenvalue weighted by Crippen LogP contribution is 2.30. The zero-order valence-corrected chi connectivity index (χ0v) is 14.2. The van der Waals surface area contributed by atoms with Crippen LogP contribution >= 0.6 is 23.1 Å². The lowest BCUT2D eigenvalue weighted by atomic mass is 10.0. The minimum Gasteiger partial charge on any atom is -0.387 e. The second-order valence-corrected chi connectivity index (χ2v) is 7.25. The number of hydrogen-bond acceptors (Lipinski definition) is 5. The molecule has 1 aliphatic heterocycles. The number of alkyl halides is 3. The Bertz CT molecular complexity index is 542. The molecule has 3 N–H and O–H groups in total. The van der Waals surface area contributed by atoms with Gasteiger partial charge in [-0.1, -0.05) is 0 Å². The van der Waals surface area contributed by atoms with E-state index < -0.39 is 17.5 Å². The first kappa shape index (κ1) is 18.3. The Morgan fingerprint density at radius 3 is 2.83 bits per heavy atom. The van der Waals surface area contributed by atoms with Crippen LogP contribution in [0.4, 0.5) is 13.2 Å². The van der Waals surface area contributed by atoms with Gasteiger partial charge >= 0.3 is 6.18 Å². The number of aliphatic imine (C=N–C) groups is 1. The SMILES string of the molecule is CCNC(=NCc1nc(C(F)(F)F)cs1)NCC1(O)CCSC1. The molecule has 1 aromatic rings. The minimum absolute atomic E-state index is 0.0588. The largest absolute Gasteiger partial charge is 0.434 e. The first-order valence-corrected chi connectivity index (χ1v) is 9.20. The molecule has 0 aliphatic carbocycles. The smallest absolute Gasteiger partial charge is 0.387 e. The summed E-state index contributed by atoms with van der Waals surface area (Å²) in [7, 11) is 0. The van der Waals surface area contributed by atoms with Gasteiger partial charge in [-0.25, -0.2) is 9.98 Å². The van der Waals surface area contributed by atoms with Gasteiger partial charge in [0.1, 0.15) is 5.01 Å². The number of thioether (sulfide) groups is 1. The van der Waals surface area contributed by atoms with Crippen molar-refractivity contribution in [3.8, 4) is 0 Å². The Balaban J connectivity index is 1.94. The molecule has 0 radical (unpaired) electrons. The molecule has 1 saturated heterocycles. The van der Waals surface area contributed by atoms with Crippen molar-refractivity contribution in [1.82, 2.24) is 15.6 Å². The van der Waals surface area contributed by atoms with Gasteiger partial charge in [0, 0.05) is 24.2 Å². The Labute approximate surface area is 140 Å². The standard InChI is InChI=1S/C13H19F3N4OS2/c1-2-17-11(19-7-12(21)3-4-22-8-12)18-5-10-20-9(6-23-10)13(14,15)16/h6,21H,2-5,7-8H2,1H3,(H2,17,18,19). The summed E-state index contributed by atoms with van der Waals surface area (Å²) in [6.07, 6.45) is -3.71. The molecule has 0 amide bonds. The van der Waals surface area contributed by atoms with Crippen molar-refractivity contribution in [2.24, 2.45) is 4.99 Å². The molecular weight excluding hydrogens is 349 g/mol. The quantitative estimate of drug-likeness (QED) is 0.548. The summed E-state index contributed by atoms with van der Waals surface area (Å²) in [6, 6.07) is 0. The van der Waals surface area contributed by atoms with Gasteiger partial charge in [-0.05, 0) is 19.1 Å². The maximum atomic E-state index is 12.5. The number of hydrogen-bond donors (Lipinski definition) is 3. The van der Waals surface area contributed by atoms with Crippen molar-refractivity contribution >= 4 is 29.1 Å². The predicted molar refractivity (Wildman–Crippen MR) is 86.8 cm³/mol. The Morgan fingerprint density at radius 1 is 1.48 bits per heavy atom. The molecule has 0 bridgehead atoms. The number of thiazole rings is 1. The van der Waals surface area contributed by atoms with Gasteiger partial charge in [0.2, 0.25) is 0 Å². The van der Waals surface area contributed by atoms with Crippen LogP contribution < -0.4 is 10.6 Å². The molecule has 1 unspecified atom stereocenters. The summed E-state index contributed by atoms with van der Waals surface area (Å²) in [6.45, 7) is 2.92. The van der Waals surface area contributed by atoms with Crippen molar-refractivity contribution in [3.63, 3.8) is 0 Å². The number of guanidine groups is 1. The second kappa shape index (κ2) is 7.71. The van der Waals surface area contributed by atoms with Gasteiger partial charge in [0.15, 0.2) is 11.7 Å². The van der Waals surface area contributed by atoms with Gasteiger partial charge in [0.05, 0.1) is 12.1 Å². The Hall–Kier alpha value is -1.00. The predicted octanol–water partition coefficient (Wildman–Crippen LogP) is 2.08. The summed E-state index contributed by atoms with van der Waals surface area (Å²) in [5.41, 5.74) is -1.64. The highest BCUT2D eigenvalue weighted by atomic mass is 32.2. The van der Waals surface area contributed by atoms with Gasteiger partial charge in [-0.15, -0.1) is 11.3 Å². The average Bonchev–Trinajstić information content (AvgIpc) is 3.11. The molecule has 1 aromatic heterocycles. The third-order valence-corrected chi connectivity index (χ3v) is 5.29. The summed E-state index contributed by atoms with van der Waals surface area (Å²) < 4.78 is 37.5. The van der Waals surface area contributed by atoms with Crippen LogP contribution in [0.3, 0.4) is 0 Å². The van der Waals surface area contributed by atoms with Crippen LogP contribution in [0.5, 0.6) is 0 Å². The number of halogens is 3. The van der Waals surface area contributed by atoms with E-state index in [4.69, 9.17) is 0 Å². The van der Waals surface area contributed by atoms with Crippen molar-refractivity contribution in [2.45, 2.75) is 31.7 Å². The topological polar surface area (TPSA) is 69.5 Å². The van der Waals surface area contributed by atoms with E-state index in [0.717, 1.165) is 22.5 Å². The van der Waals surface area contributed by atoms with E-state index in [0.29, 0.717) is 36.2 Å². The van der Waals surface area contributed by atoms with Crippen LogP contribution in [0.15, 0.2) is 10.4 Å². The van der Waals surface area contributed by atoms with E-state index in [9.17, 15) is 18.3 Å². The fraction of sp³-hybridized carbons (Fsp3) is 0.692. The molecule has 2 heterocycles. The molecule has 0 spiro atoms. The third-order valence-electron chi connectivity index (χ3n) is 3.23. The molecule has 23 heavy (non-hydrogen) atoms. The molecular formula is C13H19F3N4OS2. The second-order valence-electron chi connectivity index (χ2n) is 5.20. The number of rotatable bonds is 5. The van der Waals surface area contributed by atoms with Crippen molar-refractivity contribution in [1.29, 1.82) is 0 Å². The zero-order chi connectivity index (χ0) is 16.9. The number of nitrogens with one attached hydrogen (secondary N) is 2. The van der Waals surface area contributed by atoms with Gasteiger partial charge < -0.3 is 15.7 Å². The monoisotopic (exact) mass is 368 g/mol. The Kier molecular flexibility index (Phi) is 6.15. The molecule has 1 fully saturated rings. The maximum Gasteiger partial charge on any atom is 0.434 e. The van der Waals surface area contributed by atoms with Gasteiger partial charge in [-0.3, -0.25) is 0 Å². The van der Waals surface area contributed by atoms with E-state index in [1.54, 1.807) is 11.8 Å². The zero-order valence-electron chi connectivity index (χ0n) is 12.6. The molecule has 1 atom stereocenters. The molecule has 0 saturated carbocycles. The molecule has 10 heteroatoms. The molecule has 0 aromatic carbocycles. The Morgan fingerprint density at radius 2 is 2.26 bits per heavy atom. The summed E-state index contributed by atoms with van der Waals surface area (Å²) in [4.78, 5) is 7.77.